The zero-order valence-corrected chi connectivity index (χ0v) is 9.18. The number of alkyl halides is 2. The number of hydrogen-bond donors (Lipinski definition) is 0. The van der Waals surface area contributed by atoms with Gasteiger partial charge in [0.05, 0.1) is 11.6 Å². The molecule has 18 heavy (non-hydrogen) atoms. The summed E-state index contributed by atoms with van der Waals surface area (Å²) in [5, 5.41) is 8.71. The summed E-state index contributed by atoms with van der Waals surface area (Å²) in [4.78, 5) is 3.92. The maximum absolute atomic E-state index is 12.7. The smallest absolute Gasteiger partial charge is 0.265 e. The van der Waals surface area contributed by atoms with E-state index in [-0.39, 0.29) is 16.9 Å². The van der Waals surface area contributed by atoms with Gasteiger partial charge in [-0.3, -0.25) is 0 Å². The fourth-order valence-electron chi connectivity index (χ4n) is 1.41. The molecule has 1 aromatic carbocycles. The van der Waals surface area contributed by atoms with Gasteiger partial charge in [-0.25, -0.2) is 13.8 Å². The Balaban J connectivity index is 2.31. The molecule has 5 heteroatoms. The van der Waals surface area contributed by atoms with Gasteiger partial charge in [-0.2, -0.15) is 5.26 Å². The lowest BCUT2D eigenvalue weighted by atomic mass is 10.1. The molecule has 0 unspecified atom stereocenters. The standard InChI is InChI=1S/C13H8F2N2O/c14-13(15)11-7-10(5-4-9(11)8-16)18-12-3-1-2-6-17-12/h1-7,13H. The molecule has 0 aliphatic carbocycles. The number of rotatable bonds is 3. The van der Waals surface area contributed by atoms with Crippen LogP contribution in [0.2, 0.25) is 0 Å². The van der Waals surface area contributed by atoms with Gasteiger partial charge in [0.1, 0.15) is 5.75 Å². The minimum atomic E-state index is -2.72. The number of hydrogen-bond acceptors (Lipinski definition) is 3. The van der Waals surface area contributed by atoms with Crippen molar-refractivity contribution in [3.8, 4) is 17.7 Å². The van der Waals surface area contributed by atoms with E-state index in [9.17, 15) is 8.78 Å². The molecule has 0 bridgehead atoms. The van der Waals surface area contributed by atoms with Gasteiger partial charge >= 0.3 is 0 Å². The Hall–Kier alpha value is -2.48. The number of pyridine rings is 1. The fraction of sp³-hybridized carbons (Fsp3) is 0.0769. The predicted molar refractivity (Wildman–Crippen MR) is 60.4 cm³/mol. The van der Waals surface area contributed by atoms with Crippen LogP contribution < -0.4 is 4.74 Å². The lowest BCUT2D eigenvalue weighted by Crippen LogP contribution is -1.93. The molecule has 0 saturated heterocycles. The monoisotopic (exact) mass is 246 g/mol. The van der Waals surface area contributed by atoms with Crippen molar-refractivity contribution in [2.75, 3.05) is 0 Å². The minimum absolute atomic E-state index is 0.0571. The third-order valence-electron chi connectivity index (χ3n) is 2.24. The molecule has 0 N–H and O–H groups in total. The van der Waals surface area contributed by atoms with Crippen molar-refractivity contribution in [1.29, 1.82) is 5.26 Å². The Morgan fingerprint density at radius 3 is 2.67 bits per heavy atom. The highest BCUT2D eigenvalue weighted by Crippen LogP contribution is 2.28. The Bertz CT molecular complexity index is 579. The summed E-state index contributed by atoms with van der Waals surface area (Å²) in [6.07, 6.45) is -1.18. The molecule has 0 amide bonds. The van der Waals surface area contributed by atoms with E-state index < -0.39 is 6.43 Å². The van der Waals surface area contributed by atoms with Crippen molar-refractivity contribution in [2.24, 2.45) is 0 Å². The van der Waals surface area contributed by atoms with Gasteiger partial charge in [-0.1, -0.05) is 6.07 Å². The first-order chi connectivity index (χ1) is 8.70. The quantitative estimate of drug-likeness (QED) is 0.829. The number of nitriles is 1. The van der Waals surface area contributed by atoms with Crippen LogP contribution in [-0.2, 0) is 0 Å². The average Bonchev–Trinajstić information content (AvgIpc) is 2.40. The number of ether oxygens (including phenoxy) is 1. The SMILES string of the molecule is N#Cc1ccc(Oc2ccccn2)cc1C(F)F. The van der Waals surface area contributed by atoms with Crippen LogP contribution in [0.15, 0.2) is 42.6 Å². The topological polar surface area (TPSA) is 45.9 Å². The normalized spacial score (nSPS) is 10.1. The van der Waals surface area contributed by atoms with Gasteiger partial charge in [-0.15, -0.1) is 0 Å². The third kappa shape index (κ3) is 2.61. The highest BCUT2D eigenvalue weighted by molar-refractivity contribution is 5.44. The van der Waals surface area contributed by atoms with Crippen LogP contribution >= 0.6 is 0 Å². The second kappa shape index (κ2) is 5.23. The van der Waals surface area contributed by atoms with E-state index in [2.05, 4.69) is 4.98 Å². The molecule has 0 aliphatic rings. The Morgan fingerprint density at radius 1 is 1.22 bits per heavy atom. The van der Waals surface area contributed by atoms with Gasteiger partial charge in [0.25, 0.3) is 6.43 Å². The summed E-state index contributed by atoms with van der Waals surface area (Å²) in [6, 6.07) is 10.7. The summed E-state index contributed by atoms with van der Waals surface area (Å²) in [5.41, 5.74) is -0.399. The molecule has 90 valence electrons. The van der Waals surface area contributed by atoms with Crippen molar-refractivity contribution in [3.63, 3.8) is 0 Å². The van der Waals surface area contributed by atoms with Crippen molar-refractivity contribution in [1.82, 2.24) is 4.98 Å². The van der Waals surface area contributed by atoms with Gasteiger partial charge in [0, 0.05) is 17.8 Å². The molecule has 0 radical (unpaired) electrons. The largest absolute Gasteiger partial charge is 0.439 e. The molecule has 3 nitrogen and oxygen atoms in total. The Labute approximate surface area is 102 Å². The Morgan fingerprint density at radius 2 is 2.06 bits per heavy atom. The first-order valence-corrected chi connectivity index (χ1v) is 5.12. The number of aromatic nitrogens is 1. The van der Waals surface area contributed by atoms with Crippen LogP contribution in [0.5, 0.6) is 11.6 Å². The van der Waals surface area contributed by atoms with Gasteiger partial charge in [0.2, 0.25) is 5.88 Å². The zero-order valence-electron chi connectivity index (χ0n) is 9.18. The molecular weight excluding hydrogens is 238 g/mol. The summed E-state index contributed by atoms with van der Waals surface area (Å²) in [7, 11) is 0. The molecule has 2 rings (SSSR count). The van der Waals surface area contributed by atoms with E-state index in [0.717, 1.165) is 6.07 Å². The predicted octanol–water partition coefficient (Wildman–Crippen LogP) is 3.68. The van der Waals surface area contributed by atoms with Gasteiger partial charge in [-0.05, 0) is 24.3 Å². The molecule has 1 aromatic heterocycles. The number of nitrogens with zero attached hydrogens (tertiary/aromatic N) is 2. The van der Waals surface area contributed by atoms with Crippen LogP contribution in [-0.4, -0.2) is 4.98 Å². The van der Waals surface area contributed by atoms with Crippen molar-refractivity contribution >= 4 is 0 Å². The molecule has 0 saturated carbocycles. The van der Waals surface area contributed by atoms with Crippen LogP contribution in [0.1, 0.15) is 17.6 Å². The van der Waals surface area contributed by atoms with E-state index in [1.807, 2.05) is 0 Å². The minimum Gasteiger partial charge on any atom is -0.439 e. The molecule has 0 aliphatic heterocycles. The van der Waals surface area contributed by atoms with Gasteiger partial charge < -0.3 is 4.74 Å². The van der Waals surface area contributed by atoms with E-state index in [1.54, 1.807) is 24.3 Å². The maximum Gasteiger partial charge on any atom is 0.265 e. The molecule has 2 aromatic rings. The Kier molecular flexibility index (Phi) is 3.49. The van der Waals surface area contributed by atoms with Crippen LogP contribution in [0, 0.1) is 11.3 Å². The van der Waals surface area contributed by atoms with Crippen LogP contribution in [0.4, 0.5) is 8.78 Å². The molecule has 0 fully saturated rings. The van der Waals surface area contributed by atoms with E-state index in [1.165, 1.54) is 18.3 Å². The lowest BCUT2D eigenvalue weighted by Gasteiger charge is -2.07. The van der Waals surface area contributed by atoms with E-state index >= 15 is 0 Å². The second-order valence-electron chi connectivity index (χ2n) is 3.43. The molecule has 0 atom stereocenters. The first kappa shape index (κ1) is 12.0. The lowest BCUT2D eigenvalue weighted by molar-refractivity contribution is 0.150. The second-order valence-corrected chi connectivity index (χ2v) is 3.43. The summed E-state index contributed by atoms with van der Waals surface area (Å²) < 4.78 is 30.7. The van der Waals surface area contributed by atoms with Crippen LogP contribution in [0.3, 0.4) is 0 Å². The van der Waals surface area contributed by atoms with E-state index in [0.29, 0.717) is 5.88 Å². The molecular formula is C13H8F2N2O. The van der Waals surface area contributed by atoms with Crippen molar-refractivity contribution < 1.29 is 13.5 Å². The van der Waals surface area contributed by atoms with E-state index in [4.69, 9.17) is 10.00 Å². The summed E-state index contributed by atoms with van der Waals surface area (Å²) in [5.74, 6) is 0.533. The van der Waals surface area contributed by atoms with Crippen molar-refractivity contribution in [2.45, 2.75) is 6.43 Å². The third-order valence-corrected chi connectivity index (χ3v) is 2.24. The molecule has 0 spiro atoms. The fourth-order valence-corrected chi connectivity index (χ4v) is 1.41. The number of benzene rings is 1. The van der Waals surface area contributed by atoms with Gasteiger partial charge in [0.15, 0.2) is 0 Å². The molecule has 1 heterocycles. The van der Waals surface area contributed by atoms with Crippen molar-refractivity contribution in [3.05, 3.63) is 53.7 Å². The van der Waals surface area contributed by atoms with Crippen LogP contribution in [0.25, 0.3) is 0 Å². The summed E-state index contributed by atoms with van der Waals surface area (Å²) >= 11 is 0. The zero-order chi connectivity index (χ0) is 13.0. The maximum atomic E-state index is 12.7. The first-order valence-electron chi connectivity index (χ1n) is 5.12. The number of halogens is 2. The summed E-state index contributed by atoms with van der Waals surface area (Å²) in [6.45, 7) is 0. The highest BCUT2D eigenvalue weighted by Gasteiger charge is 2.14. The highest BCUT2D eigenvalue weighted by atomic mass is 19.3. The average molecular weight is 246 g/mol.